The Kier molecular flexibility index (Phi) is 8.69. The minimum Gasteiger partial charge on any atom is -0.465 e. The van der Waals surface area contributed by atoms with Crippen LogP contribution >= 0.6 is 0 Å². The highest BCUT2D eigenvalue weighted by molar-refractivity contribution is 5.79. The number of benzene rings is 2. The van der Waals surface area contributed by atoms with Gasteiger partial charge in [-0.3, -0.25) is 4.90 Å². The second-order valence-corrected chi connectivity index (χ2v) is 11.1. The molecule has 1 aliphatic heterocycles. The lowest BCUT2D eigenvalue weighted by Gasteiger charge is -2.37. The second kappa shape index (κ2) is 12.2. The van der Waals surface area contributed by atoms with Crippen molar-refractivity contribution >= 4 is 23.2 Å². The molecule has 15 heteroatoms. The monoisotopic (exact) mass is 628 g/mol. The Morgan fingerprint density at radius 2 is 1.91 bits per heavy atom. The van der Waals surface area contributed by atoms with Crippen molar-refractivity contribution in [2.75, 3.05) is 20.3 Å². The molecular weight excluding hydrogens is 598 g/mol. The van der Waals surface area contributed by atoms with Gasteiger partial charge in [-0.05, 0) is 42.0 Å². The average molecular weight is 629 g/mol. The summed E-state index contributed by atoms with van der Waals surface area (Å²) in [6, 6.07) is 5.50. The van der Waals surface area contributed by atoms with Crippen LogP contribution in [-0.2, 0) is 11.3 Å². The number of aromatic nitrogens is 1. The lowest BCUT2D eigenvalue weighted by atomic mass is 9.81. The van der Waals surface area contributed by atoms with Gasteiger partial charge in [-0.2, -0.15) is 13.2 Å². The topological polar surface area (TPSA) is 108 Å². The van der Waals surface area contributed by atoms with Crippen LogP contribution in [0.3, 0.4) is 0 Å². The number of nitrogens with one attached hydrogen (secondary N) is 1. The highest BCUT2D eigenvalue weighted by Gasteiger charge is 2.49. The number of oxazole rings is 1. The molecule has 3 aromatic rings. The van der Waals surface area contributed by atoms with Crippen LogP contribution in [0.15, 0.2) is 46.9 Å². The fourth-order valence-electron chi connectivity index (χ4n) is 5.92. The third-order valence-corrected chi connectivity index (χ3v) is 8.14. The summed E-state index contributed by atoms with van der Waals surface area (Å²) in [6.45, 7) is -1.13. The van der Waals surface area contributed by atoms with Gasteiger partial charge in [0.2, 0.25) is 11.8 Å². The lowest BCUT2D eigenvalue weighted by Crippen LogP contribution is -2.40. The number of urea groups is 1. The van der Waals surface area contributed by atoms with E-state index in [4.69, 9.17) is 9.15 Å². The van der Waals surface area contributed by atoms with Gasteiger partial charge in [0.1, 0.15) is 17.6 Å². The van der Waals surface area contributed by atoms with Gasteiger partial charge in [-0.15, -0.1) is 0 Å². The second-order valence-electron chi connectivity index (χ2n) is 11.1. The third-order valence-electron chi connectivity index (χ3n) is 8.14. The number of fused-ring (bicyclic) bond motifs is 1. The number of hydrogen-bond donors (Lipinski definition) is 2. The summed E-state index contributed by atoms with van der Waals surface area (Å²) in [7, 11) is 1.27. The van der Waals surface area contributed by atoms with Crippen molar-refractivity contribution in [1.82, 2.24) is 20.1 Å². The van der Waals surface area contributed by atoms with E-state index in [9.17, 15) is 36.6 Å². The number of carbonyl (C=O) groups is 2. The van der Waals surface area contributed by atoms with Crippen LogP contribution in [0.4, 0.5) is 35.9 Å². The summed E-state index contributed by atoms with van der Waals surface area (Å²) in [6.07, 6.45) is -7.08. The quantitative estimate of drug-likeness (QED) is 0.257. The fraction of sp³-hybridized carbons (Fsp3) is 0.483. The van der Waals surface area contributed by atoms with Gasteiger partial charge in [0.25, 0.3) is 0 Å². The van der Waals surface area contributed by atoms with Crippen molar-refractivity contribution in [2.45, 2.75) is 62.5 Å². The van der Waals surface area contributed by atoms with Crippen molar-refractivity contribution in [3.8, 4) is 0 Å². The van der Waals surface area contributed by atoms with E-state index < -0.39 is 73.5 Å². The van der Waals surface area contributed by atoms with Crippen LogP contribution in [0.25, 0.3) is 11.1 Å². The first-order chi connectivity index (χ1) is 20.8. The van der Waals surface area contributed by atoms with Gasteiger partial charge in [0.05, 0.1) is 19.2 Å². The van der Waals surface area contributed by atoms with Crippen LogP contribution in [-0.4, -0.2) is 70.4 Å². The molecule has 44 heavy (non-hydrogen) atoms. The number of nitrogens with zero attached hydrogens (tertiary/aromatic N) is 3. The molecule has 1 saturated carbocycles. The van der Waals surface area contributed by atoms with E-state index in [1.54, 1.807) is 30.3 Å². The van der Waals surface area contributed by atoms with E-state index >= 15 is 4.39 Å². The van der Waals surface area contributed by atoms with E-state index in [1.165, 1.54) is 13.2 Å². The van der Waals surface area contributed by atoms with Crippen LogP contribution in [0.2, 0.25) is 0 Å². The van der Waals surface area contributed by atoms with E-state index in [1.807, 2.05) is 5.32 Å². The first kappa shape index (κ1) is 31.4. The highest BCUT2D eigenvalue weighted by atomic mass is 19.4. The Bertz CT molecular complexity index is 1490. The first-order valence-electron chi connectivity index (χ1n) is 13.9. The van der Waals surface area contributed by atoms with Crippen LogP contribution < -0.4 is 5.32 Å². The van der Waals surface area contributed by atoms with Crippen LogP contribution in [0, 0.1) is 11.7 Å². The minimum absolute atomic E-state index is 0.0386. The summed E-state index contributed by atoms with van der Waals surface area (Å²) < 4.78 is 94.6. The molecule has 2 aliphatic rings. The molecule has 2 heterocycles. The molecule has 1 aromatic heterocycles. The summed E-state index contributed by atoms with van der Waals surface area (Å²) in [4.78, 5) is 31.4. The predicted molar refractivity (Wildman–Crippen MR) is 143 cm³/mol. The Hall–Kier alpha value is -4.01. The molecule has 3 amide bonds. The Balaban J connectivity index is 1.54. The van der Waals surface area contributed by atoms with Crippen molar-refractivity contribution < 1.29 is 50.2 Å². The van der Waals surface area contributed by atoms with E-state index in [-0.39, 0.29) is 48.5 Å². The predicted octanol–water partition coefficient (Wildman–Crippen LogP) is 6.66. The SMILES string of the molecule is COC[C@H](c1cc(F)c2oc([C@H](C3CCC(F)(F)CC3)N(Cc3ccccc3)C(=O)O)nc2c1)N1C[C@@H](C(F)(F)F)NC1=O. The molecule has 238 valence electrons. The molecule has 0 radical (unpaired) electrons. The van der Waals surface area contributed by atoms with Gasteiger partial charge in [0.15, 0.2) is 11.4 Å². The molecule has 9 nitrogen and oxygen atoms in total. The molecular formula is C29H30F6N4O5. The van der Waals surface area contributed by atoms with Crippen molar-refractivity contribution in [2.24, 2.45) is 5.92 Å². The molecule has 1 saturated heterocycles. The number of methoxy groups -OCH3 is 1. The number of rotatable bonds is 9. The zero-order valence-electron chi connectivity index (χ0n) is 23.5. The number of hydrogen-bond acceptors (Lipinski definition) is 5. The van der Waals surface area contributed by atoms with Gasteiger partial charge < -0.3 is 24.5 Å². The molecule has 2 aromatic carbocycles. The number of carbonyl (C=O) groups excluding carboxylic acids is 1. The summed E-state index contributed by atoms with van der Waals surface area (Å²) >= 11 is 0. The Morgan fingerprint density at radius 3 is 2.50 bits per heavy atom. The largest absolute Gasteiger partial charge is 0.465 e. The first-order valence-corrected chi connectivity index (χ1v) is 13.9. The maximum absolute atomic E-state index is 15.5. The van der Waals surface area contributed by atoms with Gasteiger partial charge in [0, 0.05) is 26.5 Å². The summed E-state index contributed by atoms with van der Waals surface area (Å²) in [5, 5.41) is 12.1. The number of halogens is 6. The van der Waals surface area contributed by atoms with Gasteiger partial charge >= 0.3 is 18.3 Å². The number of ether oxygens (including phenoxy) is 1. The minimum atomic E-state index is -4.70. The van der Waals surface area contributed by atoms with Crippen molar-refractivity contribution in [1.29, 1.82) is 0 Å². The maximum atomic E-state index is 15.5. The van der Waals surface area contributed by atoms with Crippen LogP contribution in [0.5, 0.6) is 0 Å². The number of amides is 3. The standard InChI is InChI=1S/C29H30F6N4O5/c1-43-15-21(38-14-22(29(33,34)35)37-26(38)40)18-11-19(30)24-20(12-18)36-25(44-24)23(17-7-9-28(31,32)10-8-17)39(27(41)42)13-16-5-3-2-4-6-16/h2-6,11-12,17,21-23H,7-10,13-15H2,1H3,(H,37,40)(H,41,42)/t21-,22+,23+/m1/s1. The molecule has 3 atom stereocenters. The lowest BCUT2D eigenvalue weighted by molar-refractivity contribution is -0.150. The molecule has 0 unspecified atom stereocenters. The van der Waals surface area contributed by atoms with Gasteiger partial charge in [-0.25, -0.2) is 27.7 Å². The fourth-order valence-corrected chi connectivity index (χ4v) is 5.92. The van der Waals surface area contributed by atoms with Crippen LogP contribution in [0.1, 0.15) is 54.8 Å². The van der Waals surface area contributed by atoms with Gasteiger partial charge in [-0.1, -0.05) is 30.3 Å². The molecule has 2 N–H and O–H groups in total. The van der Waals surface area contributed by atoms with Crippen molar-refractivity contribution in [3.05, 3.63) is 65.3 Å². The smallest absolute Gasteiger partial charge is 0.410 e. The number of carboxylic acid groups (broad SMARTS) is 1. The van der Waals surface area contributed by atoms with E-state index in [0.29, 0.717) is 5.56 Å². The number of alkyl halides is 5. The molecule has 0 spiro atoms. The third kappa shape index (κ3) is 6.56. The van der Waals surface area contributed by atoms with E-state index in [2.05, 4.69) is 4.98 Å². The summed E-state index contributed by atoms with van der Waals surface area (Å²) in [5.74, 6) is -4.69. The normalized spacial score (nSPS) is 20.5. The average Bonchev–Trinajstić information content (AvgIpc) is 3.56. The molecule has 1 aliphatic carbocycles. The van der Waals surface area contributed by atoms with Crippen molar-refractivity contribution in [3.63, 3.8) is 0 Å². The maximum Gasteiger partial charge on any atom is 0.410 e. The summed E-state index contributed by atoms with van der Waals surface area (Å²) in [5.41, 5.74) is 0.256. The van der Waals surface area contributed by atoms with E-state index in [0.717, 1.165) is 15.9 Å². The Labute approximate surface area is 247 Å². The zero-order chi connectivity index (χ0) is 31.8. The highest BCUT2D eigenvalue weighted by Crippen LogP contribution is 2.45. The molecule has 2 fully saturated rings. The molecule has 5 rings (SSSR count). The zero-order valence-corrected chi connectivity index (χ0v) is 23.5. The Morgan fingerprint density at radius 1 is 1.23 bits per heavy atom. The molecule has 0 bridgehead atoms.